The van der Waals surface area contributed by atoms with Gasteiger partial charge in [-0.05, 0) is 64.5 Å². The smallest absolute Gasteiger partial charge is 0.339 e. The second kappa shape index (κ2) is 7.08. The van der Waals surface area contributed by atoms with Crippen LogP contribution in [0.25, 0.3) is 0 Å². The predicted octanol–water partition coefficient (Wildman–Crippen LogP) is 3.41. The fourth-order valence-electron chi connectivity index (χ4n) is 1.30. The first-order valence-electron chi connectivity index (χ1n) is 5.34. The number of carbonyl (C=O) groups excluding carboxylic acids is 2. The molecule has 0 amide bonds. The van der Waals surface area contributed by atoms with Crippen LogP contribution < -0.4 is 0 Å². The third-order valence-corrected chi connectivity index (χ3v) is 3.51. The Morgan fingerprint density at radius 1 is 1.11 bits per heavy atom. The molecule has 98 valence electrons. The molecule has 0 N–H and O–H groups in total. The molecular formula is C12H12BrIO4. The zero-order chi connectivity index (χ0) is 13.7. The second-order valence-corrected chi connectivity index (χ2v) is 5.29. The summed E-state index contributed by atoms with van der Waals surface area (Å²) in [5.74, 6) is -0.929. The summed E-state index contributed by atoms with van der Waals surface area (Å²) in [6.07, 6.45) is 0. The fourth-order valence-corrected chi connectivity index (χ4v) is 2.48. The lowest BCUT2D eigenvalue weighted by molar-refractivity contribution is 0.0523. The molecule has 0 spiro atoms. The molecule has 0 fully saturated rings. The molecule has 0 unspecified atom stereocenters. The number of ether oxygens (including phenoxy) is 2. The Morgan fingerprint density at radius 2 is 1.50 bits per heavy atom. The number of halogens is 2. The fraction of sp³-hybridized carbons (Fsp3) is 0.333. The maximum Gasteiger partial charge on any atom is 0.339 e. The third-order valence-electron chi connectivity index (χ3n) is 2.03. The van der Waals surface area contributed by atoms with Gasteiger partial charge in [0.2, 0.25) is 0 Å². The maximum absolute atomic E-state index is 11.7. The molecule has 0 bridgehead atoms. The molecule has 0 saturated carbocycles. The average molecular weight is 427 g/mol. The van der Waals surface area contributed by atoms with Gasteiger partial charge in [0, 0.05) is 8.04 Å². The second-order valence-electron chi connectivity index (χ2n) is 3.26. The van der Waals surface area contributed by atoms with Gasteiger partial charge in [0.1, 0.15) is 0 Å². The lowest BCUT2D eigenvalue weighted by atomic mass is 10.1. The minimum Gasteiger partial charge on any atom is -0.462 e. The summed E-state index contributed by atoms with van der Waals surface area (Å²) < 4.78 is 11.0. The molecule has 0 heterocycles. The highest BCUT2D eigenvalue weighted by Gasteiger charge is 2.20. The first-order valence-corrected chi connectivity index (χ1v) is 7.21. The summed E-state index contributed by atoms with van der Waals surface area (Å²) in [7, 11) is 0. The van der Waals surface area contributed by atoms with Crippen molar-refractivity contribution in [1.82, 2.24) is 0 Å². The van der Waals surface area contributed by atoms with Gasteiger partial charge in [-0.15, -0.1) is 0 Å². The molecule has 1 aromatic rings. The Hall–Kier alpha value is -0.630. The van der Waals surface area contributed by atoms with Crippen molar-refractivity contribution in [2.24, 2.45) is 0 Å². The average Bonchev–Trinajstić information content (AvgIpc) is 2.32. The normalized spacial score (nSPS) is 10.0. The third kappa shape index (κ3) is 3.68. The van der Waals surface area contributed by atoms with Crippen LogP contribution in [-0.4, -0.2) is 25.2 Å². The van der Waals surface area contributed by atoms with Crippen molar-refractivity contribution in [3.8, 4) is 0 Å². The van der Waals surface area contributed by atoms with Crippen LogP contribution >= 0.6 is 38.5 Å². The highest BCUT2D eigenvalue weighted by Crippen LogP contribution is 2.26. The Morgan fingerprint density at radius 3 is 1.83 bits per heavy atom. The highest BCUT2D eigenvalue weighted by atomic mass is 127. The Kier molecular flexibility index (Phi) is 6.07. The highest BCUT2D eigenvalue weighted by molar-refractivity contribution is 14.1. The number of rotatable bonds is 4. The van der Waals surface area contributed by atoms with E-state index >= 15 is 0 Å². The quantitative estimate of drug-likeness (QED) is 0.546. The first kappa shape index (κ1) is 15.4. The summed E-state index contributed by atoms with van der Waals surface area (Å²) in [6.45, 7) is 4.02. The predicted molar refractivity (Wildman–Crippen MR) is 78.8 cm³/mol. The number of benzene rings is 1. The first-order chi connectivity index (χ1) is 8.51. The van der Waals surface area contributed by atoms with Gasteiger partial charge in [-0.3, -0.25) is 0 Å². The van der Waals surface area contributed by atoms with Gasteiger partial charge in [0.05, 0.1) is 24.3 Å². The summed E-state index contributed by atoms with van der Waals surface area (Å²) in [6, 6.07) is 3.32. The molecule has 0 atom stereocenters. The molecule has 0 aliphatic heterocycles. The van der Waals surface area contributed by atoms with E-state index in [1.54, 1.807) is 26.0 Å². The maximum atomic E-state index is 11.7. The lowest BCUT2D eigenvalue weighted by Crippen LogP contribution is -2.11. The van der Waals surface area contributed by atoms with Crippen LogP contribution in [0.5, 0.6) is 0 Å². The van der Waals surface area contributed by atoms with Crippen molar-refractivity contribution in [1.29, 1.82) is 0 Å². The van der Waals surface area contributed by atoms with Crippen molar-refractivity contribution in [2.75, 3.05) is 13.2 Å². The topological polar surface area (TPSA) is 52.6 Å². The van der Waals surface area contributed by atoms with E-state index in [0.29, 0.717) is 15.6 Å². The van der Waals surface area contributed by atoms with Crippen molar-refractivity contribution in [3.63, 3.8) is 0 Å². The van der Waals surface area contributed by atoms with Gasteiger partial charge >= 0.3 is 11.9 Å². The van der Waals surface area contributed by atoms with Gasteiger partial charge in [-0.25, -0.2) is 9.59 Å². The van der Waals surface area contributed by atoms with Gasteiger partial charge in [0.15, 0.2) is 0 Å². The van der Waals surface area contributed by atoms with E-state index in [-0.39, 0.29) is 13.2 Å². The molecule has 0 radical (unpaired) electrons. The van der Waals surface area contributed by atoms with Gasteiger partial charge in [-0.2, -0.15) is 0 Å². The molecule has 1 aromatic carbocycles. The van der Waals surface area contributed by atoms with E-state index in [1.165, 1.54) is 0 Å². The Balaban J connectivity index is 3.22. The van der Waals surface area contributed by atoms with E-state index < -0.39 is 11.9 Å². The largest absolute Gasteiger partial charge is 0.462 e. The van der Waals surface area contributed by atoms with Crippen molar-refractivity contribution >= 4 is 50.5 Å². The number of hydrogen-bond donors (Lipinski definition) is 0. The van der Waals surface area contributed by atoms with Gasteiger partial charge < -0.3 is 9.47 Å². The molecule has 0 aliphatic rings. The van der Waals surface area contributed by atoms with Crippen LogP contribution in [0.2, 0.25) is 0 Å². The van der Waals surface area contributed by atoms with Crippen LogP contribution in [0.1, 0.15) is 34.6 Å². The van der Waals surface area contributed by atoms with E-state index in [1.807, 2.05) is 22.6 Å². The summed E-state index contributed by atoms with van der Waals surface area (Å²) in [5, 5.41) is 0. The number of esters is 2. The van der Waals surface area contributed by atoms with Crippen LogP contribution in [0, 0.1) is 3.57 Å². The van der Waals surface area contributed by atoms with Gasteiger partial charge in [-0.1, -0.05) is 0 Å². The van der Waals surface area contributed by atoms with Crippen LogP contribution in [0.15, 0.2) is 16.6 Å². The molecule has 0 saturated heterocycles. The Labute approximate surface area is 127 Å². The minimum atomic E-state index is -0.464. The molecule has 0 aliphatic carbocycles. The van der Waals surface area contributed by atoms with E-state index in [9.17, 15) is 9.59 Å². The van der Waals surface area contributed by atoms with Crippen LogP contribution in [0.4, 0.5) is 0 Å². The summed E-state index contributed by atoms with van der Waals surface area (Å²) >= 11 is 5.29. The summed E-state index contributed by atoms with van der Waals surface area (Å²) in [4.78, 5) is 23.5. The van der Waals surface area contributed by atoms with Crippen molar-refractivity contribution < 1.29 is 19.1 Å². The zero-order valence-corrected chi connectivity index (χ0v) is 13.7. The SMILES string of the molecule is CCOC(=O)c1cc(I)cc(C(=O)OCC)c1Br. The van der Waals surface area contributed by atoms with Gasteiger partial charge in [0.25, 0.3) is 0 Å². The molecule has 6 heteroatoms. The summed E-state index contributed by atoms with van der Waals surface area (Å²) in [5.41, 5.74) is 0.651. The van der Waals surface area contributed by atoms with Crippen molar-refractivity contribution in [3.05, 3.63) is 31.3 Å². The molecule has 18 heavy (non-hydrogen) atoms. The molecule has 4 nitrogen and oxygen atoms in total. The Bertz CT molecular complexity index is 434. The number of carbonyl (C=O) groups is 2. The molecule has 0 aromatic heterocycles. The molecular weight excluding hydrogens is 415 g/mol. The van der Waals surface area contributed by atoms with E-state index in [0.717, 1.165) is 3.57 Å². The van der Waals surface area contributed by atoms with E-state index in [2.05, 4.69) is 15.9 Å². The van der Waals surface area contributed by atoms with Crippen LogP contribution in [-0.2, 0) is 9.47 Å². The monoisotopic (exact) mass is 426 g/mol. The van der Waals surface area contributed by atoms with E-state index in [4.69, 9.17) is 9.47 Å². The minimum absolute atomic E-state index is 0.283. The van der Waals surface area contributed by atoms with Crippen LogP contribution in [0.3, 0.4) is 0 Å². The van der Waals surface area contributed by atoms with Crippen molar-refractivity contribution in [2.45, 2.75) is 13.8 Å². The standard InChI is InChI=1S/C12H12BrIO4/c1-3-17-11(15)8-5-7(14)6-9(10(8)13)12(16)18-4-2/h5-6H,3-4H2,1-2H3. The zero-order valence-electron chi connectivity index (χ0n) is 9.96. The molecule has 1 rings (SSSR count). The lowest BCUT2D eigenvalue weighted by Gasteiger charge is -2.09. The number of hydrogen-bond acceptors (Lipinski definition) is 4.